The molecule has 6 rings (SSSR count). The third kappa shape index (κ3) is 4.39. The van der Waals surface area contributed by atoms with Gasteiger partial charge in [-0.3, -0.25) is 4.90 Å². The van der Waals surface area contributed by atoms with Crippen molar-refractivity contribution in [1.29, 1.82) is 0 Å². The first-order valence-corrected chi connectivity index (χ1v) is 12.6. The summed E-state index contributed by atoms with van der Waals surface area (Å²) in [4.78, 5) is 2.48. The second-order valence-corrected chi connectivity index (χ2v) is 9.70. The van der Waals surface area contributed by atoms with Gasteiger partial charge in [-0.05, 0) is 68.8 Å². The zero-order chi connectivity index (χ0) is 23.8. The van der Waals surface area contributed by atoms with Gasteiger partial charge >= 0.3 is 0 Å². The lowest BCUT2D eigenvalue weighted by molar-refractivity contribution is 0.145. The number of ether oxygens (including phenoxy) is 3. The fourth-order valence-corrected chi connectivity index (χ4v) is 5.57. The Hall–Kier alpha value is -3.38. The number of likely N-dealkylation sites (tertiary alicyclic amines) is 1. The second-order valence-electron chi connectivity index (χ2n) is 9.70. The first-order chi connectivity index (χ1) is 17.2. The predicted molar refractivity (Wildman–Crippen MR) is 135 cm³/mol. The summed E-state index contributed by atoms with van der Waals surface area (Å²) in [6.07, 6.45) is 10.9. The fourth-order valence-electron chi connectivity index (χ4n) is 5.57. The SMILES string of the molecule is Oc1ccc2c(c1)OC([C@@H]1C=CC(OCCN3CCCCC3)=CC1)C1=C2COc2cc(O)ccc21. The fraction of sp³-hybridized carbons (Fsp3) is 0.379. The van der Waals surface area contributed by atoms with Gasteiger partial charge in [0.05, 0.1) is 0 Å². The molecular formula is C29H31NO5. The Balaban J connectivity index is 1.23. The summed E-state index contributed by atoms with van der Waals surface area (Å²) in [5, 5.41) is 20.1. The van der Waals surface area contributed by atoms with Crippen molar-refractivity contribution in [2.45, 2.75) is 31.8 Å². The van der Waals surface area contributed by atoms with Crippen LogP contribution in [0.4, 0.5) is 0 Å². The maximum Gasteiger partial charge on any atom is 0.131 e. The topological polar surface area (TPSA) is 71.4 Å². The number of benzene rings is 2. The van der Waals surface area contributed by atoms with E-state index in [4.69, 9.17) is 14.2 Å². The van der Waals surface area contributed by atoms with Gasteiger partial charge in [0.25, 0.3) is 0 Å². The van der Waals surface area contributed by atoms with E-state index in [1.807, 2.05) is 12.1 Å². The smallest absolute Gasteiger partial charge is 0.131 e. The largest absolute Gasteiger partial charge is 0.508 e. The van der Waals surface area contributed by atoms with Crippen molar-refractivity contribution in [2.24, 2.45) is 5.92 Å². The maximum atomic E-state index is 10.1. The Kier molecular flexibility index (Phi) is 5.90. The van der Waals surface area contributed by atoms with Crippen molar-refractivity contribution in [3.8, 4) is 23.0 Å². The van der Waals surface area contributed by atoms with Crippen LogP contribution >= 0.6 is 0 Å². The molecule has 1 saturated heterocycles. The average molecular weight is 474 g/mol. The number of hydrogen-bond acceptors (Lipinski definition) is 6. The number of fused-ring (bicyclic) bond motifs is 4. The summed E-state index contributed by atoms with van der Waals surface area (Å²) >= 11 is 0. The summed E-state index contributed by atoms with van der Waals surface area (Å²) in [5.41, 5.74) is 4.02. The van der Waals surface area contributed by atoms with Crippen LogP contribution in [0.25, 0.3) is 11.1 Å². The lowest BCUT2D eigenvalue weighted by atomic mass is 9.80. The predicted octanol–water partition coefficient (Wildman–Crippen LogP) is 5.12. The van der Waals surface area contributed by atoms with E-state index in [0.717, 1.165) is 41.0 Å². The molecule has 2 aromatic carbocycles. The van der Waals surface area contributed by atoms with Crippen LogP contribution in [-0.2, 0) is 4.74 Å². The zero-order valence-corrected chi connectivity index (χ0v) is 19.8. The van der Waals surface area contributed by atoms with E-state index in [9.17, 15) is 10.2 Å². The van der Waals surface area contributed by atoms with Gasteiger partial charge in [0.2, 0.25) is 0 Å². The summed E-state index contributed by atoms with van der Waals surface area (Å²) in [6.45, 7) is 4.42. The summed E-state index contributed by atoms with van der Waals surface area (Å²) in [6, 6.07) is 10.5. The Morgan fingerprint density at radius 2 is 1.71 bits per heavy atom. The molecule has 3 heterocycles. The molecule has 1 fully saturated rings. The van der Waals surface area contributed by atoms with Gasteiger partial charge in [0, 0.05) is 46.9 Å². The normalized spacial score (nSPS) is 23.4. The van der Waals surface area contributed by atoms with Gasteiger partial charge in [0.1, 0.15) is 48.1 Å². The molecule has 3 aliphatic heterocycles. The number of phenolic OH excluding ortho intramolecular Hbond substituents is 2. The average Bonchev–Trinajstić information content (AvgIpc) is 2.88. The van der Waals surface area contributed by atoms with Crippen molar-refractivity contribution in [1.82, 2.24) is 4.90 Å². The quantitative estimate of drug-likeness (QED) is 0.628. The van der Waals surface area contributed by atoms with Crippen LogP contribution in [0.15, 0.2) is 60.4 Å². The van der Waals surface area contributed by atoms with Crippen molar-refractivity contribution in [3.05, 3.63) is 71.5 Å². The van der Waals surface area contributed by atoms with Crippen LogP contribution in [0.3, 0.4) is 0 Å². The van der Waals surface area contributed by atoms with Crippen LogP contribution in [0, 0.1) is 5.92 Å². The lowest BCUT2D eigenvalue weighted by Crippen LogP contribution is -2.34. The van der Waals surface area contributed by atoms with E-state index < -0.39 is 0 Å². The molecule has 6 nitrogen and oxygen atoms in total. The number of nitrogens with zero attached hydrogens (tertiary/aromatic N) is 1. The molecule has 0 radical (unpaired) electrons. The Bertz CT molecular complexity index is 1210. The van der Waals surface area contributed by atoms with Gasteiger partial charge in [-0.1, -0.05) is 12.5 Å². The van der Waals surface area contributed by atoms with E-state index in [1.54, 1.807) is 24.3 Å². The van der Waals surface area contributed by atoms with Gasteiger partial charge in [-0.2, -0.15) is 0 Å². The Morgan fingerprint density at radius 1 is 0.943 bits per heavy atom. The summed E-state index contributed by atoms with van der Waals surface area (Å²) in [7, 11) is 0. The van der Waals surface area contributed by atoms with Crippen LogP contribution in [0.1, 0.15) is 36.8 Å². The molecule has 2 aromatic rings. The molecule has 1 aliphatic carbocycles. The van der Waals surface area contributed by atoms with Crippen LogP contribution in [0.2, 0.25) is 0 Å². The minimum Gasteiger partial charge on any atom is -0.508 e. The van der Waals surface area contributed by atoms with Crippen LogP contribution < -0.4 is 9.47 Å². The highest BCUT2D eigenvalue weighted by Gasteiger charge is 2.38. The molecule has 2 atom stereocenters. The molecule has 6 heteroatoms. The van der Waals surface area contributed by atoms with Crippen molar-refractivity contribution in [3.63, 3.8) is 0 Å². The second kappa shape index (κ2) is 9.34. The van der Waals surface area contributed by atoms with E-state index in [2.05, 4.69) is 23.1 Å². The van der Waals surface area contributed by atoms with Gasteiger partial charge < -0.3 is 24.4 Å². The molecule has 0 saturated carbocycles. The number of aromatic hydroxyl groups is 2. The molecule has 35 heavy (non-hydrogen) atoms. The monoisotopic (exact) mass is 473 g/mol. The minimum atomic E-state index is -0.242. The number of allylic oxidation sites excluding steroid dienone is 2. The molecule has 0 spiro atoms. The maximum absolute atomic E-state index is 10.1. The molecule has 0 amide bonds. The van der Waals surface area contributed by atoms with E-state index in [-0.39, 0.29) is 23.5 Å². The highest BCUT2D eigenvalue weighted by atomic mass is 16.5. The first kappa shape index (κ1) is 22.1. The third-order valence-corrected chi connectivity index (χ3v) is 7.39. The highest BCUT2D eigenvalue weighted by Crippen LogP contribution is 2.49. The molecule has 0 bridgehead atoms. The zero-order valence-electron chi connectivity index (χ0n) is 19.8. The number of rotatable bonds is 5. The van der Waals surface area contributed by atoms with Gasteiger partial charge in [-0.15, -0.1) is 0 Å². The Morgan fingerprint density at radius 3 is 2.49 bits per heavy atom. The van der Waals surface area contributed by atoms with Gasteiger partial charge in [0.15, 0.2) is 0 Å². The van der Waals surface area contributed by atoms with Crippen molar-refractivity contribution >= 4 is 11.1 Å². The first-order valence-electron chi connectivity index (χ1n) is 12.6. The van der Waals surface area contributed by atoms with E-state index >= 15 is 0 Å². The van der Waals surface area contributed by atoms with Crippen molar-refractivity contribution < 1.29 is 24.4 Å². The van der Waals surface area contributed by atoms with E-state index in [0.29, 0.717) is 24.7 Å². The molecule has 0 aromatic heterocycles. The molecular weight excluding hydrogens is 442 g/mol. The number of piperidine rings is 1. The minimum absolute atomic E-state index is 0.102. The summed E-state index contributed by atoms with van der Waals surface area (Å²) < 4.78 is 18.6. The standard InChI is InChI=1S/C29H31NO5/c31-20-7-11-24-26(16-20)34-18-25-23-10-6-21(32)17-27(23)35-29(28(24)25)19-4-8-22(9-5-19)33-15-14-30-12-2-1-3-13-30/h4,6-11,16-17,19,29,31-32H,1-3,5,12-15,18H2/t19-,29?/m1/s1. The number of phenols is 2. The van der Waals surface area contributed by atoms with Gasteiger partial charge in [-0.25, -0.2) is 0 Å². The molecule has 1 unspecified atom stereocenters. The van der Waals surface area contributed by atoms with E-state index in [1.165, 1.54) is 32.4 Å². The van der Waals surface area contributed by atoms with Crippen LogP contribution in [-0.4, -0.2) is 54.1 Å². The lowest BCUT2D eigenvalue weighted by Gasteiger charge is -2.38. The third-order valence-electron chi connectivity index (χ3n) is 7.39. The number of hydrogen-bond donors (Lipinski definition) is 2. The Labute approximate surface area is 205 Å². The molecule has 182 valence electrons. The highest BCUT2D eigenvalue weighted by molar-refractivity contribution is 5.99. The molecule has 4 aliphatic rings. The summed E-state index contributed by atoms with van der Waals surface area (Å²) in [5.74, 6) is 2.70. The van der Waals surface area contributed by atoms with Crippen LogP contribution in [0.5, 0.6) is 23.0 Å². The molecule has 2 N–H and O–H groups in total. The van der Waals surface area contributed by atoms with Crippen molar-refractivity contribution in [2.75, 3.05) is 32.8 Å².